The van der Waals surface area contributed by atoms with Crippen LogP contribution in [0.2, 0.25) is 0 Å². The van der Waals surface area contributed by atoms with E-state index in [4.69, 9.17) is 4.74 Å². The zero-order valence-corrected chi connectivity index (χ0v) is 18.4. The predicted molar refractivity (Wildman–Crippen MR) is 121 cm³/mol. The van der Waals surface area contributed by atoms with Crippen LogP contribution in [0.15, 0.2) is 59.6 Å². The number of ether oxygens (including phenoxy) is 1. The van der Waals surface area contributed by atoms with Crippen molar-refractivity contribution in [3.8, 4) is 11.5 Å². The Hall–Kier alpha value is -2.32. The molecule has 2 aromatic rings. The first kappa shape index (κ1) is 20.9. The normalized spacial score (nSPS) is 23.5. The van der Waals surface area contributed by atoms with E-state index in [9.17, 15) is 13.2 Å². The van der Waals surface area contributed by atoms with Crippen LogP contribution in [0.1, 0.15) is 26.2 Å². The average Bonchev–Trinajstić information content (AvgIpc) is 3.18. The zero-order chi connectivity index (χ0) is 21.1. The van der Waals surface area contributed by atoms with E-state index >= 15 is 0 Å². The van der Waals surface area contributed by atoms with Gasteiger partial charge in [0.15, 0.2) is 15.0 Å². The SMILES string of the molecule is CCCCC(=O)N=C1S[C@H]2CS(=O)(=O)C[C@@H]2N1c1ccc(Oc2ccccc2)cc1. The van der Waals surface area contributed by atoms with E-state index in [1.807, 2.05) is 66.4 Å². The number of sulfone groups is 1. The van der Waals surface area contributed by atoms with Crippen LogP contribution in [0.3, 0.4) is 0 Å². The predicted octanol–water partition coefficient (Wildman–Crippen LogP) is 4.27. The van der Waals surface area contributed by atoms with Gasteiger partial charge in [-0.2, -0.15) is 4.99 Å². The highest BCUT2D eigenvalue weighted by Crippen LogP contribution is 2.41. The number of carbonyl (C=O) groups excluding carboxylic acids is 1. The summed E-state index contributed by atoms with van der Waals surface area (Å²) in [7, 11) is -3.09. The first-order valence-electron chi connectivity index (χ1n) is 10.1. The quantitative estimate of drug-likeness (QED) is 0.662. The van der Waals surface area contributed by atoms with Crippen LogP contribution < -0.4 is 9.64 Å². The van der Waals surface area contributed by atoms with Crippen molar-refractivity contribution in [3.63, 3.8) is 0 Å². The summed E-state index contributed by atoms with van der Waals surface area (Å²) < 4.78 is 30.2. The second-order valence-corrected chi connectivity index (χ2v) is 10.8. The van der Waals surface area contributed by atoms with Crippen molar-refractivity contribution in [3.05, 3.63) is 54.6 Å². The fourth-order valence-corrected chi connectivity index (χ4v) is 7.59. The van der Waals surface area contributed by atoms with Gasteiger partial charge < -0.3 is 9.64 Å². The van der Waals surface area contributed by atoms with Gasteiger partial charge in [-0.15, -0.1) is 0 Å². The van der Waals surface area contributed by atoms with Gasteiger partial charge in [0.1, 0.15) is 11.5 Å². The lowest BCUT2D eigenvalue weighted by atomic mass is 10.2. The van der Waals surface area contributed by atoms with Crippen molar-refractivity contribution in [1.82, 2.24) is 0 Å². The lowest BCUT2D eigenvalue weighted by Crippen LogP contribution is -2.37. The summed E-state index contributed by atoms with van der Waals surface area (Å²) in [5.41, 5.74) is 0.814. The van der Waals surface area contributed by atoms with E-state index < -0.39 is 9.84 Å². The highest BCUT2D eigenvalue weighted by Gasteiger charge is 2.49. The fraction of sp³-hybridized carbons (Fsp3) is 0.364. The molecule has 2 fully saturated rings. The highest BCUT2D eigenvalue weighted by molar-refractivity contribution is 8.16. The number of nitrogens with zero attached hydrogens (tertiary/aromatic N) is 2. The molecule has 0 aliphatic carbocycles. The van der Waals surface area contributed by atoms with E-state index in [1.165, 1.54) is 11.8 Å². The third-order valence-corrected chi connectivity index (χ3v) is 8.33. The number of aliphatic imine (C=N–C) groups is 1. The number of amides is 1. The molecule has 1 amide bonds. The second kappa shape index (κ2) is 8.81. The Morgan fingerprint density at radius 3 is 2.50 bits per heavy atom. The summed E-state index contributed by atoms with van der Waals surface area (Å²) in [6.07, 6.45) is 2.14. The van der Waals surface area contributed by atoms with E-state index in [-0.39, 0.29) is 28.7 Å². The van der Waals surface area contributed by atoms with E-state index in [2.05, 4.69) is 4.99 Å². The molecule has 0 unspecified atom stereocenters. The number of amidine groups is 1. The third kappa shape index (κ3) is 4.70. The molecule has 0 N–H and O–H groups in total. The molecule has 0 saturated carbocycles. The first-order valence-corrected chi connectivity index (χ1v) is 12.8. The number of hydrogen-bond acceptors (Lipinski definition) is 5. The lowest BCUT2D eigenvalue weighted by molar-refractivity contribution is -0.117. The Morgan fingerprint density at radius 2 is 1.80 bits per heavy atom. The Bertz CT molecular complexity index is 1040. The minimum atomic E-state index is -3.09. The number of para-hydroxylation sites is 1. The molecule has 0 aromatic heterocycles. The molecule has 0 spiro atoms. The van der Waals surface area contributed by atoms with Crippen molar-refractivity contribution >= 4 is 38.4 Å². The molecular weight excluding hydrogens is 420 g/mol. The molecule has 2 aliphatic heterocycles. The molecule has 4 rings (SSSR count). The maximum absolute atomic E-state index is 12.3. The summed E-state index contributed by atoms with van der Waals surface area (Å²) in [6, 6.07) is 16.8. The molecule has 0 bridgehead atoms. The molecule has 0 radical (unpaired) electrons. The number of benzene rings is 2. The number of fused-ring (bicyclic) bond motifs is 1. The third-order valence-electron chi connectivity index (χ3n) is 5.12. The van der Waals surface area contributed by atoms with E-state index in [0.717, 1.165) is 24.3 Å². The molecule has 8 heteroatoms. The minimum Gasteiger partial charge on any atom is -0.457 e. The summed E-state index contributed by atoms with van der Waals surface area (Å²) in [6.45, 7) is 2.03. The minimum absolute atomic E-state index is 0.0785. The topological polar surface area (TPSA) is 76.0 Å². The molecule has 30 heavy (non-hydrogen) atoms. The van der Waals surface area contributed by atoms with Crippen LogP contribution in [0.5, 0.6) is 11.5 Å². The Morgan fingerprint density at radius 1 is 1.10 bits per heavy atom. The molecule has 2 heterocycles. The number of rotatable bonds is 6. The smallest absolute Gasteiger partial charge is 0.248 e. The zero-order valence-electron chi connectivity index (χ0n) is 16.7. The van der Waals surface area contributed by atoms with Crippen LogP contribution in [0.25, 0.3) is 0 Å². The van der Waals surface area contributed by atoms with Gasteiger partial charge in [-0.3, -0.25) is 4.79 Å². The molecule has 2 aromatic carbocycles. The van der Waals surface area contributed by atoms with Gasteiger partial charge in [0.2, 0.25) is 5.91 Å². The van der Waals surface area contributed by atoms with Gasteiger partial charge in [0, 0.05) is 17.4 Å². The number of anilines is 1. The summed E-state index contributed by atoms with van der Waals surface area (Å²) in [5.74, 6) is 1.47. The van der Waals surface area contributed by atoms with Crippen molar-refractivity contribution in [2.75, 3.05) is 16.4 Å². The second-order valence-electron chi connectivity index (χ2n) is 7.47. The molecule has 2 atom stereocenters. The van der Waals surface area contributed by atoms with Crippen LogP contribution in [-0.2, 0) is 14.6 Å². The Kier molecular flexibility index (Phi) is 6.15. The fourth-order valence-electron chi connectivity index (χ4n) is 3.66. The van der Waals surface area contributed by atoms with Gasteiger partial charge >= 0.3 is 0 Å². The summed E-state index contributed by atoms with van der Waals surface area (Å²) in [4.78, 5) is 18.5. The van der Waals surface area contributed by atoms with Gasteiger partial charge in [0.25, 0.3) is 0 Å². The maximum atomic E-state index is 12.3. The van der Waals surface area contributed by atoms with Crippen molar-refractivity contribution in [2.45, 2.75) is 37.5 Å². The van der Waals surface area contributed by atoms with Crippen LogP contribution in [-0.4, -0.2) is 42.3 Å². The molecule has 6 nitrogen and oxygen atoms in total. The number of hydrogen-bond donors (Lipinski definition) is 0. The van der Waals surface area contributed by atoms with Gasteiger partial charge in [-0.1, -0.05) is 43.3 Å². The number of unbranched alkanes of at least 4 members (excludes halogenated alkanes) is 1. The lowest BCUT2D eigenvalue weighted by Gasteiger charge is -2.24. The van der Waals surface area contributed by atoms with Crippen LogP contribution in [0, 0.1) is 0 Å². The van der Waals surface area contributed by atoms with Crippen molar-refractivity contribution < 1.29 is 17.9 Å². The van der Waals surface area contributed by atoms with Gasteiger partial charge in [-0.25, -0.2) is 8.42 Å². The Labute approximate surface area is 181 Å². The maximum Gasteiger partial charge on any atom is 0.248 e. The molecular formula is C22H24N2O4S2. The summed E-state index contributed by atoms with van der Waals surface area (Å²) >= 11 is 1.40. The van der Waals surface area contributed by atoms with E-state index in [1.54, 1.807) is 0 Å². The Balaban J connectivity index is 1.59. The molecule has 2 aliphatic rings. The van der Waals surface area contributed by atoms with Gasteiger partial charge in [-0.05, 0) is 42.8 Å². The van der Waals surface area contributed by atoms with Crippen LogP contribution >= 0.6 is 11.8 Å². The molecule has 158 valence electrons. The standard InChI is InChI=1S/C22H24N2O4S2/c1-2-3-9-21(25)23-22-24(19-14-30(26,27)15-20(19)29-22)16-10-12-18(13-11-16)28-17-7-5-4-6-8-17/h4-8,10-13,19-20H,2-3,9,14-15H2,1H3/t19-,20-/m0/s1. The van der Waals surface area contributed by atoms with Crippen molar-refractivity contribution in [1.29, 1.82) is 0 Å². The summed E-state index contributed by atoms with van der Waals surface area (Å²) in [5, 5.41) is 0.491. The molecule has 2 saturated heterocycles. The average molecular weight is 445 g/mol. The van der Waals surface area contributed by atoms with E-state index in [0.29, 0.717) is 17.3 Å². The monoisotopic (exact) mass is 444 g/mol. The largest absolute Gasteiger partial charge is 0.457 e. The highest BCUT2D eigenvalue weighted by atomic mass is 32.2. The number of thioether (sulfide) groups is 1. The van der Waals surface area contributed by atoms with Crippen molar-refractivity contribution in [2.24, 2.45) is 4.99 Å². The number of carbonyl (C=O) groups is 1. The van der Waals surface area contributed by atoms with Crippen LogP contribution in [0.4, 0.5) is 5.69 Å². The first-order chi connectivity index (χ1) is 14.4. The van der Waals surface area contributed by atoms with Gasteiger partial charge in [0.05, 0.1) is 17.5 Å².